The molecule has 0 heterocycles. The fourth-order valence-electron chi connectivity index (χ4n) is 2.53. The van der Waals surface area contributed by atoms with E-state index in [1.165, 1.54) is 14.0 Å². The maximum absolute atomic E-state index is 14.2. The van der Waals surface area contributed by atoms with Crippen LogP contribution in [0.1, 0.15) is 31.2 Å². The first-order valence-corrected chi connectivity index (χ1v) is 7.06. The van der Waals surface area contributed by atoms with Crippen LogP contribution in [0.4, 0.5) is 17.6 Å². The third kappa shape index (κ3) is 3.72. The van der Waals surface area contributed by atoms with Crippen LogP contribution in [-0.2, 0) is 4.74 Å². The minimum atomic E-state index is -3.47. The number of ether oxygens (including phenoxy) is 2. The van der Waals surface area contributed by atoms with Gasteiger partial charge < -0.3 is 9.47 Å². The van der Waals surface area contributed by atoms with Crippen LogP contribution >= 0.6 is 0 Å². The van der Waals surface area contributed by atoms with Gasteiger partial charge in [0.05, 0.1) is 19.3 Å². The Bertz CT molecular complexity index is 536. The second kappa shape index (κ2) is 6.58. The average molecular weight is 318 g/mol. The summed E-state index contributed by atoms with van der Waals surface area (Å²) in [7, 11) is 1.51. The fourth-order valence-corrected chi connectivity index (χ4v) is 2.53. The van der Waals surface area contributed by atoms with Crippen LogP contribution in [0.3, 0.4) is 0 Å². The number of alkyl halides is 2. The molecule has 1 saturated carbocycles. The number of allylic oxidation sites excluding steroid dienone is 1. The molecule has 0 spiro atoms. The van der Waals surface area contributed by atoms with Gasteiger partial charge in [0.15, 0.2) is 0 Å². The summed E-state index contributed by atoms with van der Waals surface area (Å²) in [5, 5.41) is 0. The fraction of sp³-hybridized carbons (Fsp3) is 0.500. The quantitative estimate of drug-likeness (QED) is 0.577. The van der Waals surface area contributed by atoms with Gasteiger partial charge in [-0.3, -0.25) is 0 Å². The Kier molecular flexibility index (Phi) is 4.98. The lowest BCUT2D eigenvalue weighted by atomic mass is 9.85. The maximum Gasteiger partial charge on any atom is 0.400 e. The molecule has 2 rings (SSSR count). The van der Waals surface area contributed by atoms with Gasteiger partial charge >= 0.3 is 6.11 Å². The molecule has 0 atom stereocenters. The Morgan fingerprint density at radius 1 is 1.14 bits per heavy atom. The van der Waals surface area contributed by atoms with E-state index >= 15 is 0 Å². The minimum absolute atomic E-state index is 0.220. The first-order chi connectivity index (χ1) is 10.3. The molecule has 22 heavy (non-hydrogen) atoms. The lowest BCUT2D eigenvalue weighted by molar-refractivity contribution is -0.220. The van der Waals surface area contributed by atoms with E-state index in [0.717, 1.165) is 17.7 Å². The van der Waals surface area contributed by atoms with E-state index in [9.17, 15) is 17.6 Å². The van der Waals surface area contributed by atoms with E-state index in [-0.39, 0.29) is 18.4 Å². The molecule has 0 saturated heterocycles. The highest BCUT2D eigenvalue weighted by atomic mass is 19.3. The molecule has 0 aliphatic heterocycles. The van der Waals surface area contributed by atoms with Crippen LogP contribution in [0.25, 0.3) is 0 Å². The van der Waals surface area contributed by atoms with Crippen molar-refractivity contribution in [3.8, 4) is 5.75 Å². The standard InChI is InChI=1S/C16H18F4O2/c1-10-14(17)7-13(8-15(10)18)22-16(19,20)12-5-3-11(4-6-12)9-21-2/h7-9,12H,3-6H2,1-2H3. The van der Waals surface area contributed by atoms with Gasteiger partial charge in [0.2, 0.25) is 0 Å². The van der Waals surface area contributed by atoms with Gasteiger partial charge in [0, 0.05) is 17.7 Å². The van der Waals surface area contributed by atoms with E-state index in [4.69, 9.17) is 4.74 Å². The third-order valence-electron chi connectivity index (χ3n) is 3.90. The predicted octanol–water partition coefficient (Wildman–Crippen LogP) is 4.97. The van der Waals surface area contributed by atoms with Crippen LogP contribution in [0.5, 0.6) is 5.75 Å². The molecular formula is C16H18F4O2. The molecular weight excluding hydrogens is 300 g/mol. The lowest BCUT2D eigenvalue weighted by Gasteiger charge is -2.30. The molecule has 6 heteroatoms. The van der Waals surface area contributed by atoms with Crippen LogP contribution in [0.2, 0.25) is 0 Å². The smallest absolute Gasteiger partial charge is 0.400 e. The number of hydrogen-bond acceptors (Lipinski definition) is 2. The highest BCUT2D eigenvalue weighted by Gasteiger charge is 2.43. The van der Waals surface area contributed by atoms with E-state index in [2.05, 4.69) is 4.74 Å². The summed E-state index contributed by atoms with van der Waals surface area (Å²) in [5.41, 5.74) is 0.754. The summed E-state index contributed by atoms with van der Waals surface area (Å²) in [6.45, 7) is 1.23. The third-order valence-corrected chi connectivity index (χ3v) is 3.90. The van der Waals surface area contributed by atoms with Crippen molar-refractivity contribution >= 4 is 0 Å². The highest BCUT2D eigenvalue weighted by Crippen LogP contribution is 2.40. The molecule has 122 valence electrons. The van der Waals surface area contributed by atoms with Gasteiger partial charge in [-0.1, -0.05) is 0 Å². The number of rotatable bonds is 4. The second-order valence-electron chi connectivity index (χ2n) is 5.46. The van der Waals surface area contributed by atoms with Crippen molar-refractivity contribution in [3.63, 3.8) is 0 Å². The summed E-state index contributed by atoms with van der Waals surface area (Å²) >= 11 is 0. The molecule has 1 aromatic rings. The van der Waals surface area contributed by atoms with Crippen molar-refractivity contribution in [2.45, 2.75) is 38.7 Å². The van der Waals surface area contributed by atoms with Crippen molar-refractivity contribution in [1.29, 1.82) is 0 Å². The molecule has 0 radical (unpaired) electrons. The summed E-state index contributed by atoms with van der Waals surface area (Å²) in [5.74, 6) is -3.29. The summed E-state index contributed by atoms with van der Waals surface area (Å²) in [6, 6.07) is 1.57. The molecule has 1 fully saturated rings. The Hall–Kier alpha value is -1.72. The molecule has 2 nitrogen and oxygen atoms in total. The van der Waals surface area contributed by atoms with E-state index in [0.29, 0.717) is 12.8 Å². The van der Waals surface area contributed by atoms with Crippen molar-refractivity contribution in [3.05, 3.63) is 41.2 Å². The van der Waals surface area contributed by atoms with Gasteiger partial charge in [0.1, 0.15) is 17.4 Å². The zero-order valence-electron chi connectivity index (χ0n) is 12.5. The van der Waals surface area contributed by atoms with E-state index < -0.39 is 29.4 Å². The number of methoxy groups -OCH3 is 1. The predicted molar refractivity (Wildman–Crippen MR) is 73.7 cm³/mol. The monoisotopic (exact) mass is 318 g/mol. The molecule has 1 aliphatic rings. The van der Waals surface area contributed by atoms with Crippen molar-refractivity contribution < 1.29 is 27.0 Å². The normalized spacial score (nSPS) is 19.0. The van der Waals surface area contributed by atoms with Crippen molar-refractivity contribution in [1.82, 2.24) is 0 Å². The first-order valence-electron chi connectivity index (χ1n) is 7.06. The van der Waals surface area contributed by atoms with Gasteiger partial charge in [-0.2, -0.15) is 8.78 Å². The summed E-state index contributed by atoms with van der Waals surface area (Å²) in [6.07, 6.45) is -0.438. The van der Waals surface area contributed by atoms with Gasteiger partial charge in [-0.05, 0) is 38.2 Å². The van der Waals surface area contributed by atoms with Crippen LogP contribution < -0.4 is 4.74 Å². The Morgan fingerprint density at radius 3 is 2.18 bits per heavy atom. The van der Waals surface area contributed by atoms with Crippen LogP contribution in [0, 0.1) is 24.5 Å². The van der Waals surface area contributed by atoms with E-state index in [1.807, 2.05) is 0 Å². The molecule has 0 amide bonds. The van der Waals surface area contributed by atoms with E-state index in [1.54, 1.807) is 6.26 Å². The number of halogens is 4. The first kappa shape index (κ1) is 16.6. The van der Waals surface area contributed by atoms with Gasteiger partial charge in [0.25, 0.3) is 0 Å². The average Bonchev–Trinajstić information content (AvgIpc) is 2.45. The molecule has 0 bridgehead atoms. The lowest BCUT2D eigenvalue weighted by Crippen LogP contribution is -2.36. The largest absolute Gasteiger partial charge is 0.504 e. The van der Waals surface area contributed by atoms with Gasteiger partial charge in [-0.15, -0.1) is 0 Å². The second-order valence-corrected chi connectivity index (χ2v) is 5.46. The molecule has 1 aromatic carbocycles. The molecule has 0 unspecified atom stereocenters. The Labute approximate surface area is 126 Å². The Morgan fingerprint density at radius 2 is 1.68 bits per heavy atom. The van der Waals surface area contributed by atoms with Crippen molar-refractivity contribution in [2.75, 3.05) is 7.11 Å². The van der Waals surface area contributed by atoms with Gasteiger partial charge in [-0.25, -0.2) is 8.78 Å². The number of hydrogen-bond donors (Lipinski definition) is 0. The maximum atomic E-state index is 14.2. The van der Waals surface area contributed by atoms with Crippen LogP contribution in [0.15, 0.2) is 24.0 Å². The molecule has 1 aliphatic carbocycles. The molecule has 0 aromatic heterocycles. The number of benzene rings is 1. The summed E-state index contributed by atoms with van der Waals surface area (Å²) < 4.78 is 64.6. The minimum Gasteiger partial charge on any atom is -0.504 e. The van der Waals surface area contributed by atoms with Crippen molar-refractivity contribution in [2.24, 2.45) is 5.92 Å². The molecule has 0 N–H and O–H groups in total. The zero-order valence-corrected chi connectivity index (χ0v) is 12.5. The summed E-state index contributed by atoms with van der Waals surface area (Å²) in [4.78, 5) is 0. The topological polar surface area (TPSA) is 18.5 Å². The van der Waals surface area contributed by atoms with Crippen LogP contribution in [-0.4, -0.2) is 13.2 Å². The highest BCUT2D eigenvalue weighted by molar-refractivity contribution is 5.30. The SMILES string of the molecule is COC=C1CCC(C(F)(F)Oc2cc(F)c(C)c(F)c2)CC1. The Balaban J connectivity index is 2.07. The zero-order chi connectivity index (χ0) is 16.3.